The van der Waals surface area contributed by atoms with Crippen molar-refractivity contribution in [2.45, 2.75) is 44.6 Å². The topological polar surface area (TPSA) is 47.6 Å². The Kier molecular flexibility index (Phi) is 6.36. The Morgan fingerprint density at radius 1 is 1.29 bits per heavy atom. The van der Waals surface area contributed by atoms with E-state index in [1.54, 1.807) is 13.2 Å². The summed E-state index contributed by atoms with van der Waals surface area (Å²) in [7, 11) is 1.61. The highest BCUT2D eigenvalue weighted by Crippen LogP contribution is 2.29. The molecule has 0 atom stereocenters. The smallest absolute Gasteiger partial charge is 0.258 e. The first kappa shape index (κ1) is 16.1. The van der Waals surface area contributed by atoms with Crippen LogP contribution in [0.1, 0.15) is 38.5 Å². The third-order valence-corrected chi connectivity index (χ3v) is 4.34. The first-order valence-electron chi connectivity index (χ1n) is 7.45. The summed E-state index contributed by atoms with van der Waals surface area (Å²) in [5, 5.41) is 3.07. The van der Waals surface area contributed by atoms with E-state index in [0.717, 1.165) is 23.1 Å². The van der Waals surface area contributed by atoms with Gasteiger partial charge in [-0.3, -0.25) is 4.79 Å². The highest BCUT2D eigenvalue weighted by molar-refractivity contribution is 9.10. The Hall–Kier alpha value is -1.23. The second-order valence-electron chi connectivity index (χ2n) is 5.34. The maximum absolute atomic E-state index is 12.0. The van der Waals surface area contributed by atoms with Gasteiger partial charge < -0.3 is 14.8 Å². The largest absolute Gasteiger partial charge is 0.497 e. The molecule has 116 valence electrons. The number of amides is 1. The van der Waals surface area contributed by atoms with Crippen LogP contribution in [0.4, 0.5) is 0 Å². The molecule has 0 bridgehead atoms. The highest BCUT2D eigenvalue weighted by Gasteiger charge is 2.15. The zero-order chi connectivity index (χ0) is 15.1. The standard InChI is InChI=1S/C16H22BrNO3/c1-20-13-8-9-15(14(17)10-13)21-11-16(19)18-12-6-4-2-3-5-7-12/h8-10,12H,2-7,11H2,1H3,(H,18,19). The molecule has 4 nitrogen and oxygen atoms in total. The minimum absolute atomic E-state index is 0.0431. The van der Waals surface area contributed by atoms with Crippen molar-refractivity contribution in [3.63, 3.8) is 0 Å². The molecule has 0 heterocycles. The van der Waals surface area contributed by atoms with Crippen LogP contribution in [0.2, 0.25) is 0 Å². The van der Waals surface area contributed by atoms with Crippen molar-refractivity contribution in [2.75, 3.05) is 13.7 Å². The number of carbonyl (C=O) groups is 1. The van der Waals surface area contributed by atoms with Gasteiger partial charge in [-0.1, -0.05) is 25.7 Å². The molecule has 21 heavy (non-hydrogen) atoms. The number of halogens is 1. The van der Waals surface area contributed by atoms with E-state index in [1.807, 2.05) is 12.1 Å². The van der Waals surface area contributed by atoms with Crippen LogP contribution in [0.3, 0.4) is 0 Å². The normalized spacial score (nSPS) is 16.1. The number of carbonyl (C=O) groups excluding carboxylic acids is 1. The number of hydrogen-bond acceptors (Lipinski definition) is 3. The minimum Gasteiger partial charge on any atom is -0.497 e. The molecule has 1 N–H and O–H groups in total. The Labute approximate surface area is 134 Å². The maximum atomic E-state index is 12.0. The van der Waals surface area contributed by atoms with Crippen LogP contribution in [-0.4, -0.2) is 25.7 Å². The summed E-state index contributed by atoms with van der Waals surface area (Å²) >= 11 is 3.41. The maximum Gasteiger partial charge on any atom is 0.258 e. The summed E-state index contributed by atoms with van der Waals surface area (Å²) in [4.78, 5) is 12.0. The second-order valence-corrected chi connectivity index (χ2v) is 6.20. The van der Waals surface area contributed by atoms with E-state index in [1.165, 1.54) is 25.7 Å². The quantitative estimate of drug-likeness (QED) is 0.819. The fourth-order valence-corrected chi connectivity index (χ4v) is 3.03. The van der Waals surface area contributed by atoms with Crippen molar-refractivity contribution in [1.29, 1.82) is 0 Å². The van der Waals surface area contributed by atoms with Gasteiger partial charge >= 0.3 is 0 Å². The molecule has 1 aromatic carbocycles. The summed E-state index contributed by atoms with van der Waals surface area (Å²) < 4.78 is 11.5. The minimum atomic E-state index is -0.0513. The van der Waals surface area contributed by atoms with Gasteiger partial charge in [-0.2, -0.15) is 0 Å². The molecule has 0 aliphatic heterocycles. The number of methoxy groups -OCH3 is 1. The van der Waals surface area contributed by atoms with Gasteiger partial charge in [0.15, 0.2) is 6.61 Å². The zero-order valence-corrected chi connectivity index (χ0v) is 13.9. The molecule has 1 aromatic rings. The molecule has 0 saturated heterocycles. The number of benzene rings is 1. The van der Waals surface area contributed by atoms with Gasteiger partial charge in [0.1, 0.15) is 11.5 Å². The molecular formula is C16H22BrNO3. The average molecular weight is 356 g/mol. The molecule has 1 aliphatic carbocycles. The van der Waals surface area contributed by atoms with Crippen molar-refractivity contribution in [1.82, 2.24) is 5.32 Å². The SMILES string of the molecule is COc1ccc(OCC(=O)NC2CCCCCC2)c(Br)c1. The van der Waals surface area contributed by atoms with Gasteiger partial charge in [-0.15, -0.1) is 0 Å². The number of ether oxygens (including phenoxy) is 2. The highest BCUT2D eigenvalue weighted by atomic mass is 79.9. The van der Waals surface area contributed by atoms with E-state index >= 15 is 0 Å². The van der Waals surface area contributed by atoms with Crippen LogP contribution in [0.15, 0.2) is 22.7 Å². The van der Waals surface area contributed by atoms with Crippen molar-refractivity contribution in [3.05, 3.63) is 22.7 Å². The summed E-state index contributed by atoms with van der Waals surface area (Å²) in [5.41, 5.74) is 0. The van der Waals surface area contributed by atoms with Crippen molar-refractivity contribution in [3.8, 4) is 11.5 Å². The van der Waals surface area contributed by atoms with E-state index < -0.39 is 0 Å². The summed E-state index contributed by atoms with van der Waals surface area (Å²) in [5.74, 6) is 1.34. The average Bonchev–Trinajstić information content (AvgIpc) is 2.74. The van der Waals surface area contributed by atoms with E-state index in [0.29, 0.717) is 11.8 Å². The molecule has 5 heteroatoms. The Morgan fingerprint density at radius 3 is 2.62 bits per heavy atom. The summed E-state index contributed by atoms with van der Waals surface area (Å²) in [6, 6.07) is 5.73. The lowest BCUT2D eigenvalue weighted by Gasteiger charge is -2.16. The molecule has 1 amide bonds. The molecule has 0 radical (unpaired) electrons. The number of hydrogen-bond donors (Lipinski definition) is 1. The van der Waals surface area contributed by atoms with Crippen molar-refractivity contribution < 1.29 is 14.3 Å². The van der Waals surface area contributed by atoms with Crippen LogP contribution in [-0.2, 0) is 4.79 Å². The molecular weight excluding hydrogens is 334 g/mol. The van der Waals surface area contributed by atoms with Crippen LogP contribution < -0.4 is 14.8 Å². The van der Waals surface area contributed by atoms with Gasteiger partial charge in [-0.05, 0) is 47.0 Å². The fraction of sp³-hybridized carbons (Fsp3) is 0.562. The van der Waals surface area contributed by atoms with Crippen molar-refractivity contribution in [2.24, 2.45) is 0 Å². The lowest BCUT2D eigenvalue weighted by molar-refractivity contribution is -0.123. The lowest BCUT2D eigenvalue weighted by Crippen LogP contribution is -2.37. The molecule has 0 spiro atoms. The lowest BCUT2D eigenvalue weighted by atomic mass is 10.1. The predicted octanol–water partition coefficient (Wildman–Crippen LogP) is 3.68. The van der Waals surface area contributed by atoms with E-state index in [-0.39, 0.29) is 12.5 Å². The van der Waals surface area contributed by atoms with E-state index in [2.05, 4.69) is 21.2 Å². The Balaban J connectivity index is 1.80. The first-order valence-corrected chi connectivity index (χ1v) is 8.24. The van der Waals surface area contributed by atoms with Crippen LogP contribution in [0, 0.1) is 0 Å². The predicted molar refractivity (Wildman–Crippen MR) is 85.8 cm³/mol. The van der Waals surface area contributed by atoms with Gasteiger partial charge in [0.05, 0.1) is 11.6 Å². The molecule has 2 rings (SSSR count). The molecule has 0 aromatic heterocycles. The van der Waals surface area contributed by atoms with Gasteiger partial charge in [0.2, 0.25) is 0 Å². The van der Waals surface area contributed by atoms with Crippen LogP contribution in [0.5, 0.6) is 11.5 Å². The second kappa shape index (κ2) is 8.27. The summed E-state index contributed by atoms with van der Waals surface area (Å²) in [6.07, 6.45) is 7.13. The Bertz CT molecular complexity index is 471. The third-order valence-electron chi connectivity index (χ3n) is 3.72. The van der Waals surface area contributed by atoms with Crippen molar-refractivity contribution >= 4 is 21.8 Å². The monoisotopic (exact) mass is 355 g/mol. The molecule has 1 saturated carbocycles. The van der Waals surface area contributed by atoms with Gasteiger partial charge in [0, 0.05) is 6.04 Å². The fourth-order valence-electron chi connectivity index (χ4n) is 2.56. The molecule has 1 aliphatic rings. The van der Waals surface area contributed by atoms with E-state index in [4.69, 9.17) is 9.47 Å². The van der Waals surface area contributed by atoms with Gasteiger partial charge in [0.25, 0.3) is 5.91 Å². The third kappa shape index (κ3) is 5.23. The first-order chi connectivity index (χ1) is 10.2. The van der Waals surface area contributed by atoms with Gasteiger partial charge in [-0.25, -0.2) is 0 Å². The summed E-state index contributed by atoms with van der Waals surface area (Å²) in [6.45, 7) is 0.0431. The molecule has 1 fully saturated rings. The molecule has 0 unspecified atom stereocenters. The van der Waals surface area contributed by atoms with Crippen LogP contribution >= 0.6 is 15.9 Å². The Morgan fingerprint density at radius 2 is 2.00 bits per heavy atom. The van der Waals surface area contributed by atoms with E-state index in [9.17, 15) is 4.79 Å². The number of rotatable bonds is 5. The zero-order valence-electron chi connectivity index (χ0n) is 12.4. The van der Waals surface area contributed by atoms with Crippen LogP contribution in [0.25, 0.3) is 0 Å². The number of nitrogens with one attached hydrogen (secondary N) is 1.